The highest BCUT2D eigenvalue weighted by molar-refractivity contribution is 7.15. The molecule has 72 valence electrons. The molecule has 0 bridgehead atoms. The molecule has 6 heteroatoms. The summed E-state index contributed by atoms with van der Waals surface area (Å²) in [5.41, 5.74) is 0. The molecule has 13 heavy (non-hydrogen) atoms. The molecule has 0 atom stereocenters. The number of aromatic nitrogens is 1. The quantitative estimate of drug-likeness (QED) is 0.821. The second kappa shape index (κ2) is 4.43. The summed E-state index contributed by atoms with van der Waals surface area (Å²) in [4.78, 5) is 17.4. The number of carbonyl (C=O) groups excluding carboxylic acids is 1. The molecule has 0 aliphatic carbocycles. The molecule has 0 saturated heterocycles. The van der Waals surface area contributed by atoms with Gasteiger partial charge in [-0.05, 0) is 0 Å². The summed E-state index contributed by atoms with van der Waals surface area (Å²) >= 11 is 6.99. The second-order valence-corrected chi connectivity index (χ2v) is 4.33. The van der Waals surface area contributed by atoms with Crippen molar-refractivity contribution >= 4 is 29.0 Å². The third-order valence-electron chi connectivity index (χ3n) is 1.35. The van der Waals surface area contributed by atoms with Gasteiger partial charge in [-0.25, -0.2) is 9.78 Å². The van der Waals surface area contributed by atoms with E-state index in [9.17, 15) is 4.79 Å². The normalized spacial score (nSPS) is 9.77. The van der Waals surface area contributed by atoms with Gasteiger partial charge in [0.05, 0.1) is 6.54 Å². The van der Waals surface area contributed by atoms with Crippen molar-refractivity contribution in [3.63, 3.8) is 0 Å². The molecule has 1 heterocycles. The van der Waals surface area contributed by atoms with E-state index in [4.69, 9.17) is 11.6 Å². The molecule has 1 aromatic heterocycles. The minimum atomic E-state index is -0.121. The van der Waals surface area contributed by atoms with Gasteiger partial charge < -0.3 is 10.2 Å². The van der Waals surface area contributed by atoms with Crippen LogP contribution in [-0.2, 0) is 6.54 Å². The molecule has 2 amide bonds. The molecule has 0 aliphatic rings. The van der Waals surface area contributed by atoms with Crippen LogP contribution in [0, 0.1) is 0 Å². The lowest BCUT2D eigenvalue weighted by Crippen LogP contribution is -2.33. The number of nitrogens with one attached hydrogen (secondary N) is 1. The Morgan fingerprint density at radius 3 is 2.92 bits per heavy atom. The van der Waals surface area contributed by atoms with Crippen molar-refractivity contribution in [2.45, 2.75) is 6.54 Å². The first-order valence-corrected chi connectivity index (χ1v) is 4.84. The SMILES string of the molecule is CN(C)C(=O)NCc1cnc(Cl)s1. The smallest absolute Gasteiger partial charge is 0.317 e. The van der Waals surface area contributed by atoms with E-state index in [1.165, 1.54) is 16.2 Å². The van der Waals surface area contributed by atoms with Crippen molar-refractivity contribution in [3.8, 4) is 0 Å². The Kier molecular flexibility index (Phi) is 3.50. The summed E-state index contributed by atoms with van der Waals surface area (Å²) in [6.07, 6.45) is 1.66. The van der Waals surface area contributed by atoms with Gasteiger partial charge in [0.25, 0.3) is 0 Å². The molecule has 1 N–H and O–H groups in total. The van der Waals surface area contributed by atoms with Crippen molar-refractivity contribution in [3.05, 3.63) is 15.5 Å². The average molecular weight is 220 g/mol. The Labute approximate surface area is 85.5 Å². The predicted molar refractivity (Wildman–Crippen MR) is 53.0 cm³/mol. The number of halogens is 1. The average Bonchev–Trinajstić information content (AvgIpc) is 2.47. The first-order valence-electron chi connectivity index (χ1n) is 3.65. The number of urea groups is 1. The summed E-state index contributed by atoms with van der Waals surface area (Å²) in [6, 6.07) is -0.121. The minimum Gasteiger partial charge on any atom is -0.333 e. The van der Waals surface area contributed by atoms with Crippen LogP contribution in [0.3, 0.4) is 0 Å². The van der Waals surface area contributed by atoms with Crippen molar-refractivity contribution in [1.82, 2.24) is 15.2 Å². The maximum Gasteiger partial charge on any atom is 0.317 e. The van der Waals surface area contributed by atoms with Gasteiger partial charge in [0.2, 0.25) is 0 Å². The van der Waals surface area contributed by atoms with Gasteiger partial charge in [0.1, 0.15) is 0 Å². The Bertz CT molecular complexity index is 300. The first kappa shape index (κ1) is 10.3. The highest BCUT2D eigenvalue weighted by Crippen LogP contribution is 2.17. The second-order valence-electron chi connectivity index (χ2n) is 2.63. The molecule has 0 radical (unpaired) electrons. The lowest BCUT2D eigenvalue weighted by molar-refractivity contribution is 0.217. The van der Waals surface area contributed by atoms with Gasteiger partial charge in [-0.15, -0.1) is 11.3 Å². The van der Waals surface area contributed by atoms with Crippen LogP contribution in [-0.4, -0.2) is 30.0 Å². The van der Waals surface area contributed by atoms with Gasteiger partial charge >= 0.3 is 6.03 Å². The fourth-order valence-electron chi connectivity index (χ4n) is 0.686. The number of rotatable bonds is 2. The highest BCUT2D eigenvalue weighted by Gasteiger charge is 2.04. The molecule has 4 nitrogen and oxygen atoms in total. The van der Waals surface area contributed by atoms with E-state index in [-0.39, 0.29) is 6.03 Å². The Morgan fingerprint density at radius 2 is 2.46 bits per heavy atom. The fourth-order valence-corrected chi connectivity index (χ4v) is 1.60. The Morgan fingerprint density at radius 1 is 1.77 bits per heavy atom. The van der Waals surface area contributed by atoms with Crippen LogP contribution in [0.15, 0.2) is 6.20 Å². The molecule has 0 spiro atoms. The Hall–Kier alpha value is -0.810. The lowest BCUT2D eigenvalue weighted by Gasteiger charge is -2.10. The zero-order valence-electron chi connectivity index (χ0n) is 7.37. The predicted octanol–water partition coefficient (Wildman–Crippen LogP) is 1.57. The summed E-state index contributed by atoms with van der Waals surface area (Å²) in [5.74, 6) is 0. The molecular formula is C7H10ClN3OS. The van der Waals surface area contributed by atoms with Crippen molar-refractivity contribution in [2.24, 2.45) is 0 Å². The lowest BCUT2D eigenvalue weighted by atomic mass is 10.5. The Balaban J connectivity index is 2.39. The molecule has 0 fully saturated rings. The van der Waals surface area contributed by atoms with Gasteiger partial charge in [-0.3, -0.25) is 0 Å². The number of hydrogen-bond donors (Lipinski definition) is 1. The van der Waals surface area contributed by atoms with E-state index < -0.39 is 0 Å². The highest BCUT2D eigenvalue weighted by atomic mass is 35.5. The van der Waals surface area contributed by atoms with E-state index in [1.54, 1.807) is 20.3 Å². The van der Waals surface area contributed by atoms with Crippen LogP contribution in [0.4, 0.5) is 4.79 Å². The van der Waals surface area contributed by atoms with Crippen LogP contribution in [0.5, 0.6) is 0 Å². The third-order valence-corrected chi connectivity index (χ3v) is 2.46. The van der Waals surface area contributed by atoms with Crippen LogP contribution in [0.1, 0.15) is 4.88 Å². The number of hydrogen-bond acceptors (Lipinski definition) is 3. The summed E-state index contributed by atoms with van der Waals surface area (Å²) in [5, 5.41) is 2.71. The number of nitrogens with zero attached hydrogens (tertiary/aromatic N) is 2. The van der Waals surface area contributed by atoms with Crippen LogP contribution in [0.25, 0.3) is 0 Å². The van der Waals surface area contributed by atoms with Gasteiger partial charge in [-0.2, -0.15) is 0 Å². The minimum absolute atomic E-state index is 0.121. The molecule has 1 aromatic rings. The zero-order valence-corrected chi connectivity index (χ0v) is 8.95. The van der Waals surface area contributed by atoms with Crippen molar-refractivity contribution < 1.29 is 4.79 Å². The number of carbonyl (C=O) groups is 1. The molecule has 0 unspecified atom stereocenters. The number of amides is 2. The van der Waals surface area contributed by atoms with E-state index in [2.05, 4.69) is 10.3 Å². The molecular weight excluding hydrogens is 210 g/mol. The first-order chi connectivity index (χ1) is 6.09. The molecule has 0 aliphatic heterocycles. The van der Waals surface area contributed by atoms with Gasteiger partial charge in [0, 0.05) is 25.2 Å². The largest absolute Gasteiger partial charge is 0.333 e. The molecule has 0 saturated carbocycles. The van der Waals surface area contributed by atoms with Crippen LogP contribution >= 0.6 is 22.9 Å². The van der Waals surface area contributed by atoms with E-state index in [1.807, 2.05) is 0 Å². The van der Waals surface area contributed by atoms with Gasteiger partial charge in [0.15, 0.2) is 4.47 Å². The third kappa shape index (κ3) is 3.20. The van der Waals surface area contributed by atoms with Crippen LogP contribution in [0.2, 0.25) is 4.47 Å². The fraction of sp³-hybridized carbons (Fsp3) is 0.429. The van der Waals surface area contributed by atoms with E-state index in [0.29, 0.717) is 11.0 Å². The topological polar surface area (TPSA) is 45.2 Å². The summed E-state index contributed by atoms with van der Waals surface area (Å²) in [6.45, 7) is 0.474. The maximum absolute atomic E-state index is 11.1. The molecule has 0 aromatic carbocycles. The van der Waals surface area contributed by atoms with Crippen LogP contribution < -0.4 is 5.32 Å². The summed E-state index contributed by atoms with van der Waals surface area (Å²) in [7, 11) is 3.38. The van der Waals surface area contributed by atoms with Crippen molar-refractivity contribution in [1.29, 1.82) is 0 Å². The van der Waals surface area contributed by atoms with E-state index >= 15 is 0 Å². The van der Waals surface area contributed by atoms with E-state index in [0.717, 1.165) is 4.88 Å². The van der Waals surface area contributed by atoms with Crippen molar-refractivity contribution in [2.75, 3.05) is 14.1 Å². The maximum atomic E-state index is 11.1. The standard InChI is InChI=1S/C7H10ClN3OS/c1-11(2)7(12)10-4-5-3-9-6(8)13-5/h3H,4H2,1-2H3,(H,10,12). The monoisotopic (exact) mass is 219 g/mol. The zero-order chi connectivity index (χ0) is 9.84. The molecule has 1 rings (SSSR count). The number of thiazole rings is 1. The summed E-state index contributed by atoms with van der Waals surface area (Å²) < 4.78 is 0.495. The van der Waals surface area contributed by atoms with Gasteiger partial charge in [-0.1, -0.05) is 11.6 Å².